The molecule has 0 fully saturated rings. The molecule has 3 N–H and O–H groups in total. The van der Waals surface area contributed by atoms with Gasteiger partial charge < -0.3 is 10.2 Å². The lowest BCUT2D eigenvalue weighted by Crippen LogP contribution is -2.22. The van der Waals surface area contributed by atoms with Gasteiger partial charge >= 0.3 is 0 Å². The number of aromatic nitrogens is 2. The number of hydrogen-bond acceptors (Lipinski definition) is 5. The van der Waals surface area contributed by atoms with Crippen LogP contribution in [-0.2, 0) is 15.3 Å². The van der Waals surface area contributed by atoms with Crippen LogP contribution in [0.1, 0.15) is 48.0 Å². The number of ketones is 1. The maximum Gasteiger partial charge on any atom is 0.275 e. The van der Waals surface area contributed by atoms with Crippen LogP contribution in [0.15, 0.2) is 46.1 Å². The van der Waals surface area contributed by atoms with Crippen LogP contribution in [0, 0.1) is 6.92 Å². The first-order valence-corrected chi connectivity index (χ1v) is 11.2. The number of aromatic amines is 2. The summed E-state index contributed by atoms with van der Waals surface area (Å²) in [6.07, 6.45) is 1.10. The Bertz CT molecular complexity index is 1290. The van der Waals surface area contributed by atoms with E-state index in [4.69, 9.17) is 0 Å². The van der Waals surface area contributed by atoms with Gasteiger partial charge in [0.15, 0.2) is 9.84 Å². The van der Waals surface area contributed by atoms with E-state index in [-0.39, 0.29) is 21.8 Å². The molecular formula is C22H24N2O5S. The van der Waals surface area contributed by atoms with Gasteiger partial charge in [-0.05, 0) is 42.3 Å². The van der Waals surface area contributed by atoms with Gasteiger partial charge in [0, 0.05) is 22.8 Å². The summed E-state index contributed by atoms with van der Waals surface area (Å²) in [5.41, 5.74) is 1.07. The molecule has 0 amide bonds. The van der Waals surface area contributed by atoms with Crippen molar-refractivity contribution in [1.82, 2.24) is 10.2 Å². The van der Waals surface area contributed by atoms with Crippen molar-refractivity contribution >= 4 is 15.6 Å². The number of hydrogen-bond donors (Lipinski definition) is 3. The third kappa shape index (κ3) is 3.82. The molecule has 0 atom stereocenters. The highest BCUT2D eigenvalue weighted by Gasteiger charge is 2.29. The first kappa shape index (κ1) is 21.6. The smallest absolute Gasteiger partial charge is 0.275 e. The standard InChI is InChI=1S/C22H24N2O5S/c1-12-15(19(26)18-20(22(2,3)4)23-24-21(18)27)10-11-16(30(5,28)29)17(12)13-6-8-14(25)9-7-13/h6-11,25H,1-5H3,(H2,23,24,27). The average Bonchev–Trinajstić information content (AvgIpc) is 3.03. The summed E-state index contributed by atoms with van der Waals surface area (Å²) in [6, 6.07) is 8.90. The number of phenols is 1. The number of rotatable bonds is 4. The maximum atomic E-state index is 13.4. The molecule has 0 aliphatic carbocycles. The van der Waals surface area contributed by atoms with Crippen LogP contribution >= 0.6 is 0 Å². The van der Waals surface area contributed by atoms with Gasteiger partial charge in [-0.15, -0.1) is 0 Å². The van der Waals surface area contributed by atoms with E-state index < -0.39 is 26.6 Å². The SMILES string of the molecule is Cc1c(C(=O)c2c(C(C)(C)C)[nH][nH]c2=O)ccc(S(C)(=O)=O)c1-c1ccc(O)cc1. The second kappa shape index (κ2) is 7.28. The molecular weight excluding hydrogens is 404 g/mol. The van der Waals surface area contributed by atoms with E-state index >= 15 is 0 Å². The zero-order chi connectivity index (χ0) is 22.4. The van der Waals surface area contributed by atoms with Crippen LogP contribution in [-0.4, -0.2) is 35.8 Å². The highest BCUT2D eigenvalue weighted by Crippen LogP contribution is 2.35. The normalized spacial score (nSPS) is 12.2. The molecule has 7 nitrogen and oxygen atoms in total. The molecule has 30 heavy (non-hydrogen) atoms. The van der Waals surface area contributed by atoms with Crippen molar-refractivity contribution in [3.05, 3.63) is 69.1 Å². The van der Waals surface area contributed by atoms with Gasteiger partial charge in [0.05, 0.1) is 10.6 Å². The van der Waals surface area contributed by atoms with Gasteiger partial charge in [-0.3, -0.25) is 14.7 Å². The van der Waals surface area contributed by atoms with E-state index in [1.54, 1.807) is 19.1 Å². The third-order valence-electron chi connectivity index (χ3n) is 4.98. The number of nitrogens with one attached hydrogen (secondary N) is 2. The topological polar surface area (TPSA) is 120 Å². The van der Waals surface area contributed by atoms with Crippen molar-refractivity contribution in [2.75, 3.05) is 6.26 Å². The molecule has 3 aromatic rings. The van der Waals surface area contributed by atoms with Crippen LogP contribution in [0.2, 0.25) is 0 Å². The fourth-order valence-electron chi connectivity index (χ4n) is 3.50. The van der Waals surface area contributed by atoms with Gasteiger partial charge in [0.1, 0.15) is 11.3 Å². The van der Waals surface area contributed by atoms with E-state index in [0.717, 1.165) is 6.26 Å². The number of phenolic OH excluding ortho intramolecular Hbond substituents is 1. The number of aromatic hydroxyl groups is 1. The van der Waals surface area contributed by atoms with Crippen molar-refractivity contribution in [2.24, 2.45) is 0 Å². The van der Waals surface area contributed by atoms with E-state index in [9.17, 15) is 23.1 Å². The molecule has 0 saturated heterocycles. The Balaban J connectivity index is 2.30. The zero-order valence-corrected chi connectivity index (χ0v) is 18.3. The number of sulfone groups is 1. The predicted octanol–water partition coefficient (Wildman–Crippen LogP) is 3.32. The molecule has 0 aliphatic rings. The highest BCUT2D eigenvalue weighted by molar-refractivity contribution is 7.90. The first-order valence-electron chi connectivity index (χ1n) is 9.31. The van der Waals surface area contributed by atoms with Crippen molar-refractivity contribution in [1.29, 1.82) is 0 Å². The summed E-state index contributed by atoms with van der Waals surface area (Å²) in [5.74, 6) is -0.446. The van der Waals surface area contributed by atoms with Crippen LogP contribution in [0.4, 0.5) is 0 Å². The van der Waals surface area contributed by atoms with E-state index in [1.165, 1.54) is 24.3 Å². The molecule has 0 aliphatic heterocycles. The summed E-state index contributed by atoms with van der Waals surface area (Å²) in [5, 5.41) is 14.9. The Morgan fingerprint density at radius 2 is 1.60 bits per heavy atom. The zero-order valence-electron chi connectivity index (χ0n) is 17.5. The minimum Gasteiger partial charge on any atom is -0.508 e. The number of carbonyl (C=O) groups excluding carboxylic acids is 1. The van der Waals surface area contributed by atoms with E-state index in [2.05, 4.69) is 10.2 Å². The predicted molar refractivity (Wildman–Crippen MR) is 115 cm³/mol. The van der Waals surface area contributed by atoms with Gasteiger partial charge in [0.25, 0.3) is 5.56 Å². The molecule has 158 valence electrons. The van der Waals surface area contributed by atoms with Crippen molar-refractivity contribution in [3.63, 3.8) is 0 Å². The fraction of sp³-hybridized carbons (Fsp3) is 0.273. The summed E-state index contributed by atoms with van der Waals surface area (Å²) >= 11 is 0. The van der Waals surface area contributed by atoms with E-state index in [0.29, 0.717) is 22.4 Å². The first-order chi connectivity index (χ1) is 13.8. The van der Waals surface area contributed by atoms with Crippen molar-refractivity contribution in [2.45, 2.75) is 38.0 Å². The Morgan fingerprint density at radius 3 is 2.13 bits per heavy atom. The summed E-state index contributed by atoms with van der Waals surface area (Å²) in [4.78, 5) is 25.9. The van der Waals surface area contributed by atoms with Crippen LogP contribution in [0.3, 0.4) is 0 Å². The van der Waals surface area contributed by atoms with Crippen LogP contribution in [0.25, 0.3) is 11.1 Å². The second-order valence-corrected chi connectivity index (χ2v) is 10.3. The molecule has 3 rings (SSSR count). The van der Waals surface area contributed by atoms with E-state index in [1.807, 2.05) is 20.8 Å². The van der Waals surface area contributed by atoms with Crippen molar-refractivity contribution in [3.8, 4) is 16.9 Å². The molecule has 0 bridgehead atoms. The molecule has 0 unspecified atom stereocenters. The molecule has 2 aromatic carbocycles. The monoisotopic (exact) mass is 428 g/mol. The fourth-order valence-corrected chi connectivity index (χ4v) is 4.46. The number of carbonyl (C=O) groups is 1. The van der Waals surface area contributed by atoms with Crippen molar-refractivity contribution < 1.29 is 18.3 Å². The number of H-pyrrole nitrogens is 2. The average molecular weight is 429 g/mol. The van der Waals surface area contributed by atoms with Gasteiger partial charge in [-0.2, -0.15) is 0 Å². The van der Waals surface area contributed by atoms with Crippen LogP contribution < -0.4 is 5.56 Å². The van der Waals surface area contributed by atoms with Gasteiger partial charge in [-0.25, -0.2) is 8.42 Å². The Labute approximate surface area is 174 Å². The molecule has 0 saturated carbocycles. The Morgan fingerprint density at radius 1 is 1.00 bits per heavy atom. The number of benzene rings is 2. The highest BCUT2D eigenvalue weighted by atomic mass is 32.2. The lowest BCUT2D eigenvalue weighted by Gasteiger charge is -2.19. The van der Waals surface area contributed by atoms with Gasteiger partial charge in [0.2, 0.25) is 5.78 Å². The Hall–Kier alpha value is -3.13. The second-order valence-electron chi connectivity index (χ2n) is 8.34. The minimum absolute atomic E-state index is 0.00867. The summed E-state index contributed by atoms with van der Waals surface area (Å²) in [6.45, 7) is 7.29. The molecule has 0 spiro atoms. The molecule has 8 heteroatoms. The molecule has 1 heterocycles. The van der Waals surface area contributed by atoms with Crippen LogP contribution in [0.5, 0.6) is 5.75 Å². The Kier molecular flexibility index (Phi) is 5.24. The summed E-state index contributed by atoms with van der Waals surface area (Å²) in [7, 11) is -3.60. The lowest BCUT2D eigenvalue weighted by molar-refractivity contribution is 0.103. The molecule has 0 radical (unpaired) electrons. The minimum atomic E-state index is -3.60. The molecule has 1 aromatic heterocycles. The lowest BCUT2D eigenvalue weighted by atomic mass is 9.85. The summed E-state index contributed by atoms with van der Waals surface area (Å²) < 4.78 is 24.8. The van der Waals surface area contributed by atoms with Gasteiger partial charge in [-0.1, -0.05) is 32.9 Å². The maximum absolute atomic E-state index is 13.4. The quantitative estimate of drug-likeness (QED) is 0.551. The largest absolute Gasteiger partial charge is 0.508 e. The third-order valence-corrected chi connectivity index (χ3v) is 6.12.